The van der Waals surface area contributed by atoms with Crippen molar-refractivity contribution in [2.24, 2.45) is 0 Å². The summed E-state index contributed by atoms with van der Waals surface area (Å²) in [4.78, 5) is 12.7. The van der Waals surface area contributed by atoms with E-state index in [-0.39, 0.29) is 0 Å². The normalized spacial score (nSPS) is 10.7. The lowest BCUT2D eigenvalue weighted by Crippen LogP contribution is -2.12. The van der Waals surface area contributed by atoms with Crippen LogP contribution in [0.25, 0.3) is 0 Å². The molecule has 3 rings (SSSR count). The Morgan fingerprint density at radius 2 is 1.68 bits per heavy atom. The fraction of sp³-hybridized carbons (Fsp3) is 0.208. The molecule has 0 spiro atoms. The minimum absolute atomic E-state index is 0.398. The molecule has 0 heterocycles. The molecule has 0 aliphatic heterocycles. The smallest absolute Gasteiger partial charge is 0.347 e. The van der Waals surface area contributed by atoms with Crippen LogP contribution >= 0.6 is 15.9 Å². The summed E-state index contributed by atoms with van der Waals surface area (Å²) in [7, 11) is 0. The summed E-state index contributed by atoms with van der Waals surface area (Å²) >= 11 is 3.42. The number of rotatable bonds is 7. The van der Waals surface area contributed by atoms with Crippen molar-refractivity contribution >= 4 is 21.9 Å². The lowest BCUT2D eigenvalue weighted by atomic mass is 10.0. The number of esters is 1. The van der Waals surface area contributed by atoms with Gasteiger partial charge in [0.25, 0.3) is 0 Å². The Hall–Kier alpha value is -2.59. The highest BCUT2D eigenvalue weighted by Crippen LogP contribution is 2.26. The zero-order valence-corrected chi connectivity index (χ0v) is 17.6. The van der Waals surface area contributed by atoms with E-state index in [4.69, 9.17) is 9.47 Å². The van der Waals surface area contributed by atoms with Gasteiger partial charge in [0, 0.05) is 10.9 Å². The molecule has 0 fully saturated rings. The highest BCUT2D eigenvalue weighted by molar-refractivity contribution is 9.10. The van der Waals surface area contributed by atoms with Crippen LogP contribution in [0.4, 0.5) is 0 Å². The van der Waals surface area contributed by atoms with Crippen molar-refractivity contribution in [2.45, 2.75) is 26.2 Å². The maximum absolute atomic E-state index is 12.7. The van der Waals surface area contributed by atoms with Crippen molar-refractivity contribution in [3.63, 3.8) is 0 Å². The van der Waals surface area contributed by atoms with E-state index >= 15 is 0 Å². The molecule has 3 aromatic rings. The minimum Gasteiger partial charge on any atom is -0.492 e. The van der Waals surface area contributed by atoms with Crippen molar-refractivity contribution in [3.05, 3.63) is 94.0 Å². The first kappa shape index (κ1) is 20.2. The zero-order valence-electron chi connectivity index (χ0n) is 16.0. The van der Waals surface area contributed by atoms with Gasteiger partial charge in [0.1, 0.15) is 17.1 Å². The molecule has 0 aliphatic carbocycles. The van der Waals surface area contributed by atoms with E-state index in [1.165, 1.54) is 11.1 Å². The van der Waals surface area contributed by atoms with E-state index in [2.05, 4.69) is 41.9 Å². The number of ether oxygens (including phenoxy) is 2. The number of hydrogen-bond acceptors (Lipinski definition) is 3. The van der Waals surface area contributed by atoms with Gasteiger partial charge < -0.3 is 9.47 Å². The van der Waals surface area contributed by atoms with Crippen LogP contribution in [0.1, 0.15) is 41.3 Å². The van der Waals surface area contributed by atoms with Gasteiger partial charge in [0.2, 0.25) is 0 Å². The zero-order chi connectivity index (χ0) is 19.9. The molecular weight excluding hydrogens is 416 g/mol. The molecule has 4 heteroatoms. The van der Waals surface area contributed by atoms with Crippen LogP contribution in [-0.2, 0) is 6.42 Å². The third kappa shape index (κ3) is 5.46. The van der Waals surface area contributed by atoms with Gasteiger partial charge in [-0.25, -0.2) is 4.79 Å². The molecule has 3 nitrogen and oxygen atoms in total. The lowest BCUT2D eigenvalue weighted by molar-refractivity contribution is 0.0730. The molecule has 3 aromatic carbocycles. The van der Waals surface area contributed by atoms with Crippen LogP contribution in [0, 0.1) is 0 Å². The van der Waals surface area contributed by atoms with Crippen molar-refractivity contribution in [1.82, 2.24) is 0 Å². The van der Waals surface area contributed by atoms with Gasteiger partial charge in [-0.05, 0) is 47.4 Å². The summed E-state index contributed by atoms with van der Waals surface area (Å²) in [5, 5.41) is 0. The fourth-order valence-electron chi connectivity index (χ4n) is 2.79. The van der Waals surface area contributed by atoms with Crippen LogP contribution < -0.4 is 9.47 Å². The summed E-state index contributed by atoms with van der Waals surface area (Å²) in [6.07, 6.45) is 0.766. The van der Waals surface area contributed by atoms with E-state index in [9.17, 15) is 4.79 Å². The number of carbonyl (C=O) groups is 1. The molecule has 0 aliphatic rings. The summed E-state index contributed by atoms with van der Waals surface area (Å²) < 4.78 is 12.2. The molecule has 0 bridgehead atoms. The van der Waals surface area contributed by atoms with Crippen molar-refractivity contribution < 1.29 is 14.3 Å². The highest BCUT2D eigenvalue weighted by Gasteiger charge is 2.16. The Kier molecular flexibility index (Phi) is 6.88. The molecule has 0 atom stereocenters. The molecule has 0 radical (unpaired) electrons. The molecule has 28 heavy (non-hydrogen) atoms. The number of carbonyl (C=O) groups excluding carboxylic acids is 1. The third-order valence-electron chi connectivity index (χ3n) is 4.41. The Morgan fingerprint density at radius 3 is 2.36 bits per heavy atom. The average Bonchev–Trinajstić information content (AvgIpc) is 2.70. The van der Waals surface area contributed by atoms with Gasteiger partial charge in [-0.15, -0.1) is 0 Å². The molecule has 0 saturated carbocycles. The number of benzene rings is 3. The first-order chi connectivity index (χ1) is 13.5. The number of halogens is 1. The first-order valence-electron chi connectivity index (χ1n) is 9.31. The van der Waals surface area contributed by atoms with E-state index in [1.807, 2.05) is 48.5 Å². The standard InChI is InChI=1S/C24H23BrO3/c1-17(2)19-8-11-21(12-9-19)28-24(26)22-16-20(25)10-13-23(22)27-15-14-18-6-4-3-5-7-18/h3-13,16-17H,14-15H2,1-2H3. The van der Waals surface area contributed by atoms with Crippen LogP contribution in [0.2, 0.25) is 0 Å². The third-order valence-corrected chi connectivity index (χ3v) is 4.90. The Balaban J connectivity index is 1.69. The monoisotopic (exact) mass is 438 g/mol. The summed E-state index contributed by atoms with van der Waals surface area (Å²) in [6.45, 7) is 4.73. The van der Waals surface area contributed by atoms with E-state index in [1.54, 1.807) is 12.1 Å². The molecule has 0 aromatic heterocycles. The van der Waals surface area contributed by atoms with Crippen molar-refractivity contribution in [2.75, 3.05) is 6.61 Å². The molecule has 0 unspecified atom stereocenters. The molecule has 0 saturated heterocycles. The first-order valence-corrected chi connectivity index (χ1v) is 10.1. The van der Waals surface area contributed by atoms with Crippen molar-refractivity contribution in [3.8, 4) is 11.5 Å². The van der Waals surface area contributed by atoms with Crippen LogP contribution in [-0.4, -0.2) is 12.6 Å². The number of hydrogen-bond donors (Lipinski definition) is 0. The average molecular weight is 439 g/mol. The van der Waals surface area contributed by atoms with Crippen LogP contribution in [0.5, 0.6) is 11.5 Å². The fourth-order valence-corrected chi connectivity index (χ4v) is 3.15. The second kappa shape index (κ2) is 9.56. The second-order valence-corrected chi connectivity index (χ2v) is 7.75. The van der Waals surface area contributed by atoms with Crippen molar-refractivity contribution in [1.29, 1.82) is 0 Å². The van der Waals surface area contributed by atoms with Gasteiger partial charge in [-0.2, -0.15) is 0 Å². The quantitative estimate of drug-likeness (QED) is 0.315. The molecule has 0 N–H and O–H groups in total. The van der Waals surface area contributed by atoms with Gasteiger partial charge in [-0.3, -0.25) is 0 Å². The van der Waals surface area contributed by atoms with Gasteiger partial charge in [0.05, 0.1) is 6.61 Å². The Bertz CT molecular complexity index is 918. The topological polar surface area (TPSA) is 35.5 Å². The maximum Gasteiger partial charge on any atom is 0.347 e. The Labute approximate surface area is 174 Å². The molecular formula is C24H23BrO3. The van der Waals surface area contributed by atoms with Gasteiger partial charge in [0.15, 0.2) is 0 Å². The van der Waals surface area contributed by atoms with Crippen LogP contribution in [0.15, 0.2) is 77.3 Å². The maximum atomic E-state index is 12.7. The van der Waals surface area contributed by atoms with Crippen LogP contribution in [0.3, 0.4) is 0 Å². The predicted molar refractivity (Wildman–Crippen MR) is 115 cm³/mol. The predicted octanol–water partition coefficient (Wildman–Crippen LogP) is 6.41. The summed E-state index contributed by atoms with van der Waals surface area (Å²) in [5.41, 5.74) is 2.79. The van der Waals surface area contributed by atoms with E-state index in [0.29, 0.717) is 29.6 Å². The van der Waals surface area contributed by atoms with E-state index < -0.39 is 5.97 Å². The molecule has 144 valence electrons. The summed E-state index contributed by atoms with van der Waals surface area (Å²) in [5.74, 6) is 1.03. The highest BCUT2D eigenvalue weighted by atomic mass is 79.9. The second-order valence-electron chi connectivity index (χ2n) is 6.84. The largest absolute Gasteiger partial charge is 0.492 e. The van der Waals surface area contributed by atoms with Gasteiger partial charge >= 0.3 is 5.97 Å². The summed E-state index contributed by atoms with van der Waals surface area (Å²) in [6, 6.07) is 23.1. The minimum atomic E-state index is -0.437. The van der Waals surface area contributed by atoms with Gasteiger partial charge in [-0.1, -0.05) is 72.2 Å². The SMILES string of the molecule is CC(C)c1ccc(OC(=O)c2cc(Br)ccc2OCCc2ccccc2)cc1. The lowest BCUT2D eigenvalue weighted by Gasteiger charge is -2.12. The Morgan fingerprint density at radius 1 is 0.964 bits per heavy atom. The van der Waals surface area contributed by atoms with E-state index in [0.717, 1.165) is 10.9 Å². The molecule has 0 amide bonds.